The van der Waals surface area contributed by atoms with Gasteiger partial charge in [-0.25, -0.2) is 4.79 Å². The topological polar surface area (TPSA) is 64.3 Å². The van der Waals surface area contributed by atoms with Gasteiger partial charge in [0, 0.05) is 22.7 Å². The van der Waals surface area contributed by atoms with E-state index in [1.54, 1.807) is 19.1 Å². The van der Waals surface area contributed by atoms with Gasteiger partial charge in [0.1, 0.15) is 0 Å². The maximum absolute atomic E-state index is 12.0. The van der Waals surface area contributed by atoms with Crippen LogP contribution in [0, 0.1) is 0 Å². The van der Waals surface area contributed by atoms with Crippen molar-refractivity contribution in [2.24, 2.45) is 0 Å². The molecule has 1 fully saturated rings. The van der Waals surface area contributed by atoms with Gasteiger partial charge in [0.15, 0.2) is 0 Å². The minimum atomic E-state index is -0.325. The summed E-state index contributed by atoms with van der Waals surface area (Å²) in [5.41, 5.74) is 7.66. The Hall–Kier alpha value is -1.36. The molecule has 1 aliphatic carbocycles. The molecule has 1 aliphatic rings. The lowest BCUT2D eigenvalue weighted by molar-refractivity contribution is 0.0527. The van der Waals surface area contributed by atoms with Gasteiger partial charge in [-0.3, -0.25) is 0 Å². The molecule has 110 valence electrons. The first-order valence-corrected chi connectivity index (χ1v) is 8.18. The highest BCUT2D eigenvalue weighted by Gasteiger charge is 2.36. The number of hydrogen-bond donors (Lipinski definition) is 2. The summed E-state index contributed by atoms with van der Waals surface area (Å²) in [6, 6.07) is 5.33. The molecule has 2 rings (SSSR count). The van der Waals surface area contributed by atoms with Crippen molar-refractivity contribution in [3.63, 3.8) is 0 Å². The second-order valence-electron chi connectivity index (χ2n) is 5.12. The minimum Gasteiger partial charge on any atom is -0.462 e. The first kappa shape index (κ1) is 15.0. The van der Waals surface area contributed by atoms with Crippen molar-refractivity contribution in [3.8, 4) is 0 Å². The molecule has 0 amide bonds. The van der Waals surface area contributed by atoms with E-state index >= 15 is 0 Å². The van der Waals surface area contributed by atoms with Gasteiger partial charge >= 0.3 is 5.97 Å². The third-order valence-electron chi connectivity index (χ3n) is 3.84. The van der Waals surface area contributed by atoms with Crippen LogP contribution in [0.5, 0.6) is 0 Å². The predicted molar refractivity (Wildman–Crippen MR) is 85.4 cm³/mol. The summed E-state index contributed by atoms with van der Waals surface area (Å²) < 4.78 is 5.40. The standard InChI is InChI=1S/C15H22N2O2S/c1-3-19-14(18)12-9-11(16)5-6-13(12)17-10-15(20-2)7-4-8-15/h5-6,9,17H,3-4,7-8,10,16H2,1-2H3. The number of nitrogen functional groups attached to an aromatic ring is 1. The van der Waals surface area contributed by atoms with Crippen molar-refractivity contribution in [1.82, 2.24) is 0 Å². The van der Waals surface area contributed by atoms with Gasteiger partial charge < -0.3 is 15.8 Å². The molecule has 1 aromatic carbocycles. The lowest BCUT2D eigenvalue weighted by atomic mass is 9.84. The highest BCUT2D eigenvalue weighted by molar-refractivity contribution is 8.00. The SMILES string of the molecule is CCOC(=O)c1cc(N)ccc1NCC1(SC)CCC1. The van der Waals surface area contributed by atoms with E-state index < -0.39 is 0 Å². The Morgan fingerprint density at radius 2 is 2.25 bits per heavy atom. The normalized spacial score (nSPS) is 16.3. The van der Waals surface area contributed by atoms with Crippen LogP contribution in [0.25, 0.3) is 0 Å². The number of thioether (sulfide) groups is 1. The van der Waals surface area contributed by atoms with Crippen LogP contribution in [0.1, 0.15) is 36.5 Å². The number of anilines is 2. The van der Waals surface area contributed by atoms with Crippen molar-refractivity contribution in [3.05, 3.63) is 23.8 Å². The highest BCUT2D eigenvalue weighted by Crippen LogP contribution is 2.42. The lowest BCUT2D eigenvalue weighted by Gasteiger charge is -2.40. The second kappa shape index (κ2) is 6.39. The van der Waals surface area contributed by atoms with E-state index in [9.17, 15) is 4.79 Å². The molecule has 1 saturated carbocycles. The van der Waals surface area contributed by atoms with E-state index in [1.165, 1.54) is 19.3 Å². The van der Waals surface area contributed by atoms with Crippen LogP contribution in [0.15, 0.2) is 18.2 Å². The fraction of sp³-hybridized carbons (Fsp3) is 0.533. The Kier molecular flexibility index (Phi) is 4.81. The van der Waals surface area contributed by atoms with Crippen LogP contribution in [0.2, 0.25) is 0 Å². The van der Waals surface area contributed by atoms with Crippen molar-refractivity contribution < 1.29 is 9.53 Å². The summed E-state index contributed by atoms with van der Waals surface area (Å²) in [6.07, 6.45) is 5.89. The third-order valence-corrected chi connectivity index (χ3v) is 5.26. The molecule has 0 bridgehead atoms. The Balaban J connectivity index is 2.12. The molecule has 0 saturated heterocycles. The number of nitrogens with one attached hydrogen (secondary N) is 1. The van der Waals surface area contributed by atoms with Gasteiger partial charge in [-0.05, 0) is 44.2 Å². The fourth-order valence-corrected chi connectivity index (χ4v) is 3.29. The number of carbonyl (C=O) groups excluding carboxylic acids is 1. The molecule has 5 heteroatoms. The average Bonchev–Trinajstić information content (AvgIpc) is 2.39. The van der Waals surface area contributed by atoms with Gasteiger partial charge in [0.05, 0.1) is 12.2 Å². The Labute approximate surface area is 124 Å². The molecular weight excluding hydrogens is 272 g/mol. The molecule has 3 N–H and O–H groups in total. The number of benzene rings is 1. The van der Waals surface area contributed by atoms with Crippen molar-refractivity contribution >= 4 is 29.1 Å². The maximum Gasteiger partial charge on any atom is 0.340 e. The molecule has 20 heavy (non-hydrogen) atoms. The third kappa shape index (κ3) is 3.20. The Morgan fingerprint density at radius 3 is 2.80 bits per heavy atom. The smallest absolute Gasteiger partial charge is 0.340 e. The number of nitrogens with two attached hydrogens (primary N) is 1. The molecule has 0 heterocycles. The summed E-state index contributed by atoms with van der Waals surface area (Å²) in [5.74, 6) is -0.325. The van der Waals surface area contributed by atoms with Crippen LogP contribution in [-0.4, -0.2) is 30.1 Å². The van der Waals surface area contributed by atoms with E-state index in [0.29, 0.717) is 22.6 Å². The maximum atomic E-state index is 12.0. The van der Waals surface area contributed by atoms with Crippen LogP contribution in [-0.2, 0) is 4.74 Å². The van der Waals surface area contributed by atoms with E-state index in [4.69, 9.17) is 10.5 Å². The summed E-state index contributed by atoms with van der Waals surface area (Å²) in [7, 11) is 0. The summed E-state index contributed by atoms with van der Waals surface area (Å²) in [5, 5.41) is 3.40. The van der Waals surface area contributed by atoms with E-state index in [2.05, 4.69) is 11.6 Å². The van der Waals surface area contributed by atoms with Gasteiger partial charge in [-0.2, -0.15) is 11.8 Å². The van der Waals surface area contributed by atoms with Crippen molar-refractivity contribution in [2.75, 3.05) is 30.5 Å². The van der Waals surface area contributed by atoms with Crippen LogP contribution in [0.4, 0.5) is 11.4 Å². The summed E-state index contributed by atoms with van der Waals surface area (Å²) >= 11 is 1.90. The fourth-order valence-electron chi connectivity index (χ4n) is 2.37. The van der Waals surface area contributed by atoms with Crippen LogP contribution < -0.4 is 11.1 Å². The second-order valence-corrected chi connectivity index (χ2v) is 6.39. The molecule has 0 radical (unpaired) electrons. The number of ether oxygens (including phenoxy) is 1. The summed E-state index contributed by atoms with van der Waals surface area (Å²) in [4.78, 5) is 12.0. The predicted octanol–water partition coefficient (Wildman–Crippen LogP) is 3.14. The monoisotopic (exact) mass is 294 g/mol. The molecule has 0 aromatic heterocycles. The van der Waals surface area contributed by atoms with Crippen molar-refractivity contribution in [1.29, 1.82) is 0 Å². The van der Waals surface area contributed by atoms with E-state index in [1.807, 2.05) is 17.8 Å². The lowest BCUT2D eigenvalue weighted by Crippen LogP contribution is -2.40. The van der Waals surface area contributed by atoms with E-state index in [-0.39, 0.29) is 5.97 Å². The Morgan fingerprint density at radius 1 is 1.50 bits per heavy atom. The Bertz CT molecular complexity index is 481. The van der Waals surface area contributed by atoms with Gasteiger partial charge in [-0.1, -0.05) is 6.42 Å². The molecule has 0 atom stereocenters. The quantitative estimate of drug-likeness (QED) is 0.623. The molecule has 1 aromatic rings. The van der Waals surface area contributed by atoms with Crippen LogP contribution >= 0.6 is 11.8 Å². The average molecular weight is 294 g/mol. The highest BCUT2D eigenvalue weighted by atomic mass is 32.2. The molecular formula is C15H22N2O2S. The zero-order valence-corrected chi connectivity index (χ0v) is 12.9. The van der Waals surface area contributed by atoms with Crippen LogP contribution in [0.3, 0.4) is 0 Å². The summed E-state index contributed by atoms with van der Waals surface area (Å²) in [6.45, 7) is 3.03. The largest absolute Gasteiger partial charge is 0.462 e. The molecule has 4 nitrogen and oxygen atoms in total. The number of carbonyl (C=O) groups is 1. The van der Waals surface area contributed by atoms with Gasteiger partial charge in [0.25, 0.3) is 0 Å². The van der Waals surface area contributed by atoms with E-state index in [0.717, 1.165) is 12.2 Å². The first-order valence-electron chi connectivity index (χ1n) is 6.96. The molecule has 0 unspecified atom stereocenters. The number of esters is 1. The zero-order chi connectivity index (χ0) is 14.6. The van der Waals surface area contributed by atoms with Gasteiger partial charge in [0.2, 0.25) is 0 Å². The zero-order valence-electron chi connectivity index (χ0n) is 12.1. The number of rotatable bonds is 6. The molecule has 0 spiro atoms. The van der Waals surface area contributed by atoms with Crippen molar-refractivity contribution in [2.45, 2.75) is 30.9 Å². The van der Waals surface area contributed by atoms with Gasteiger partial charge in [-0.15, -0.1) is 0 Å². The molecule has 0 aliphatic heterocycles. The minimum absolute atomic E-state index is 0.313. The number of hydrogen-bond acceptors (Lipinski definition) is 5. The first-order chi connectivity index (χ1) is 9.60.